The second-order valence-electron chi connectivity index (χ2n) is 12.7. The molecule has 0 unspecified atom stereocenters. The SMILES string of the molecule is [2H]c1cc(-c2ccccc2)cc([2H])c1-c1cccc(-c2cc(C(C)(C)C)cc(C(C)(C)C)c2)c1Nc1ccccc1[N+](=O)[O-]. The van der Waals surface area contributed by atoms with Crippen molar-refractivity contribution in [3.8, 4) is 33.4 Å². The molecular formula is C38H38N2O2. The lowest BCUT2D eigenvalue weighted by atomic mass is 9.78. The fourth-order valence-corrected chi connectivity index (χ4v) is 4.99. The summed E-state index contributed by atoms with van der Waals surface area (Å²) in [5.74, 6) is 0. The number of hydrogen-bond acceptors (Lipinski definition) is 3. The first-order chi connectivity index (χ1) is 20.7. The Balaban J connectivity index is 1.80. The summed E-state index contributed by atoms with van der Waals surface area (Å²) in [7, 11) is 0. The molecule has 0 aromatic heterocycles. The van der Waals surface area contributed by atoms with Gasteiger partial charge < -0.3 is 5.32 Å². The summed E-state index contributed by atoms with van der Waals surface area (Å²) in [5.41, 5.74) is 7.64. The Morgan fingerprint density at radius 2 is 1.14 bits per heavy atom. The van der Waals surface area contributed by atoms with Crippen molar-refractivity contribution >= 4 is 17.1 Å². The third-order valence-electron chi connectivity index (χ3n) is 7.52. The number of nitro groups is 1. The van der Waals surface area contributed by atoms with E-state index in [2.05, 4.69) is 65.1 Å². The third-order valence-corrected chi connectivity index (χ3v) is 7.52. The zero-order valence-corrected chi connectivity index (χ0v) is 25.1. The average molecular weight is 557 g/mol. The summed E-state index contributed by atoms with van der Waals surface area (Å²) >= 11 is 0. The molecule has 0 aliphatic heterocycles. The molecule has 4 nitrogen and oxygen atoms in total. The van der Waals surface area contributed by atoms with Crippen LogP contribution < -0.4 is 5.32 Å². The van der Waals surface area contributed by atoms with E-state index < -0.39 is 4.92 Å². The molecule has 42 heavy (non-hydrogen) atoms. The smallest absolute Gasteiger partial charge is 0.292 e. The number of nitrogens with one attached hydrogen (secondary N) is 1. The van der Waals surface area contributed by atoms with Gasteiger partial charge in [0.1, 0.15) is 5.69 Å². The summed E-state index contributed by atoms with van der Waals surface area (Å²) in [5, 5.41) is 15.4. The summed E-state index contributed by atoms with van der Waals surface area (Å²) < 4.78 is 18.2. The standard InChI is InChI=1S/C38H38N2O2/c1-37(2,3)30-23-29(24-31(25-30)38(4,5)6)33-16-12-15-32(36(33)39-34-17-10-11-18-35(34)40(41)42)28-21-19-27(20-22-28)26-13-8-7-9-14-26/h7-25,39H,1-6H3/i21D,22D. The molecule has 0 spiro atoms. The van der Waals surface area contributed by atoms with E-state index in [1.165, 1.54) is 17.2 Å². The molecule has 5 aromatic rings. The van der Waals surface area contributed by atoms with E-state index in [0.29, 0.717) is 22.5 Å². The van der Waals surface area contributed by atoms with E-state index in [9.17, 15) is 10.1 Å². The van der Waals surface area contributed by atoms with Gasteiger partial charge in [0.25, 0.3) is 5.69 Å². The van der Waals surface area contributed by atoms with Crippen LogP contribution in [0.4, 0.5) is 17.1 Å². The van der Waals surface area contributed by atoms with Crippen molar-refractivity contribution < 1.29 is 7.66 Å². The van der Waals surface area contributed by atoms with Crippen LogP contribution in [0.15, 0.2) is 115 Å². The predicted octanol–water partition coefficient (Wildman–Crippen LogP) is 10.9. The molecule has 0 aliphatic carbocycles. The molecule has 5 aromatic carbocycles. The first-order valence-electron chi connectivity index (χ1n) is 15.2. The Bertz CT molecular complexity index is 1800. The highest BCUT2D eigenvalue weighted by molar-refractivity contribution is 5.94. The summed E-state index contributed by atoms with van der Waals surface area (Å²) in [4.78, 5) is 11.6. The van der Waals surface area contributed by atoms with Crippen LogP contribution in [0, 0.1) is 10.1 Å². The number of benzene rings is 5. The molecule has 5 rings (SSSR count). The lowest BCUT2D eigenvalue weighted by molar-refractivity contribution is -0.383. The van der Waals surface area contributed by atoms with Gasteiger partial charge >= 0.3 is 0 Å². The minimum Gasteiger partial charge on any atom is -0.349 e. The number of anilines is 2. The Labute approximate surface area is 252 Å². The number of nitro benzene ring substituents is 1. The van der Waals surface area contributed by atoms with Crippen molar-refractivity contribution in [2.75, 3.05) is 5.32 Å². The highest BCUT2D eigenvalue weighted by Gasteiger charge is 2.23. The van der Waals surface area contributed by atoms with Gasteiger partial charge in [-0.05, 0) is 50.3 Å². The van der Waals surface area contributed by atoms with Gasteiger partial charge in [0.15, 0.2) is 0 Å². The van der Waals surface area contributed by atoms with Gasteiger partial charge in [-0.25, -0.2) is 0 Å². The predicted molar refractivity (Wildman–Crippen MR) is 177 cm³/mol. The average Bonchev–Trinajstić information content (AvgIpc) is 2.97. The van der Waals surface area contributed by atoms with Gasteiger partial charge in [0.05, 0.1) is 13.4 Å². The second-order valence-corrected chi connectivity index (χ2v) is 12.7. The lowest BCUT2D eigenvalue weighted by Gasteiger charge is -2.27. The molecule has 212 valence electrons. The molecule has 0 radical (unpaired) electrons. The van der Waals surface area contributed by atoms with Crippen LogP contribution in [-0.4, -0.2) is 4.92 Å². The summed E-state index contributed by atoms with van der Waals surface area (Å²) in [6.07, 6.45) is 0. The molecule has 0 saturated carbocycles. The van der Waals surface area contributed by atoms with E-state index in [1.807, 2.05) is 48.5 Å². The number of para-hydroxylation sites is 3. The Morgan fingerprint density at radius 3 is 1.71 bits per heavy atom. The zero-order chi connectivity index (χ0) is 31.8. The number of nitrogens with zero attached hydrogens (tertiary/aromatic N) is 1. The van der Waals surface area contributed by atoms with Crippen LogP contribution >= 0.6 is 0 Å². The van der Waals surface area contributed by atoms with Crippen molar-refractivity contribution in [1.82, 2.24) is 0 Å². The summed E-state index contributed by atoms with van der Waals surface area (Å²) in [6.45, 7) is 13.1. The van der Waals surface area contributed by atoms with E-state index in [1.54, 1.807) is 30.3 Å². The maximum absolute atomic E-state index is 12.0. The first kappa shape index (κ1) is 26.2. The zero-order valence-electron chi connectivity index (χ0n) is 27.1. The van der Waals surface area contributed by atoms with Gasteiger partial charge in [-0.2, -0.15) is 0 Å². The maximum atomic E-state index is 12.0. The monoisotopic (exact) mass is 556 g/mol. The van der Waals surface area contributed by atoms with Crippen molar-refractivity contribution in [3.05, 3.63) is 136 Å². The second kappa shape index (κ2) is 11.3. The highest BCUT2D eigenvalue weighted by atomic mass is 16.6. The minimum absolute atomic E-state index is 0.0521. The van der Waals surface area contributed by atoms with Gasteiger partial charge in [-0.3, -0.25) is 10.1 Å². The molecule has 0 aliphatic rings. The Kier molecular flexibility index (Phi) is 7.05. The quantitative estimate of drug-likeness (QED) is 0.167. The molecule has 0 atom stereocenters. The van der Waals surface area contributed by atoms with Gasteiger partial charge in [0, 0.05) is 17.2 Å². The van der Waals surface area contributed by atoms with Crippen LogP contribution in [-0.2, 0) is 10.8 Å². The van der Waals surface area contributed by atoms with Crippen LogP contribution in [0.25, 0.3) is 33.4 Å². The molecular weight excluding hydrogens is 516 g/mol. The van der Waals surface area contributed by atoms with Crippen molar-refractivity contribution in [1.29, 1.82) is 0 Å². The minimum atomic E-state index is -0.400. The van der Waals surface area contributed by atoms with Crippen LogP contribution in [0.2, 0.25) is 0 Å². The number of rotatable bonds is 6. The molecule has 0 bridgehead atoms. The van der Waals surface area contributed by atoms with Gasteiger partial charge in [-0.15, -0.1) is 0 Å². The molecule has 0 fully saturated rings. The molecule has 0 amide bonds. The van der Waals surface area contributed by atoms with Crippen LogP contribution in [0.1, 0.15) is 55.4 Å². The molecule has 4 heteroatoms. The Hall–Kier alpha value is -4.70. The van der Waals surface area contributed by atoms with Crippen molar-refractivity contribution in [3.63, 3.8) is 0 Å². The largest absolute Gasteiger partial charge is 0.349 e. The number of hydrogen-bond donors (Lipinski definition) is 1. The maximum Gasteiger partial charge on any atom is 0.292 e. The summed E-state index contributed by atoms with van der Waals surface area (Å²) in [6, 6.07) is 32.7. The molecule has 0 saturated heterocycles. The van der Waals surface area contributed by atoms with Crippen LogP contribution in [0.3, 0.4) is 0 Å². The fourth-order valence-electron chi connectivity index (χ4n) is 4.99. The Morgan fingerprint density at radius 1 is 0.619 bits per heavy atom. The first-order valence-corrected chi connectivity index (χ1v) is 14.2. The van der Waals surface area contributed by atoms with Gasteiger partial charge in [-0.1, -0.05) is 145 Å². The molecule has 0 heterocycles. The van der Waals surface area contributed by atoms with E-state index in [-0.39, 0.29) is 28.6 Å². The topological polar surface area (TPSA) is 55.2 Å². The van der Waals surface area contributed by atoms with E-state index >= 15 is 0 Å². The lowest BCUT2D eigenvalue weighted by Crippen LogP contribution is -2.16. The van der Waals surface area contributed by atoms with Crippen LogP contribution in [0.5, 0.6) is 0 Å². The van der Waals surface area contributed by atoms with E-state index in [0.717, 1.165) is 22.3 Å². The highest BCUT2D eigenvalue weighted by Crippen LogP contribution is 2.43. The van der Waals surface area contributed by atoms with Gasteiger partial charge in [0.2, 0.25) is 0 Å². The van der Waals surface area contributed by atoms with Crippen molar-refractivity contribution in [2.45, 2.75) is 52.4 Å². The van der Waals surface area contributed by atoms with E-state index in [4.69, 9.17) is 2.74 Å². The normalized spacial score (nSPS) is 12.4. The molecule has 1 N–H and O–H groups in total. The third kappa shape index (κ3) is 6.13. The fraction of sp³-hybridized carbons (Fsp3) is 0.211. The van der Waals surface area contributed by atoms with Crippen molar-refractivity contribution in [2.24, 2.45) is 0 Å².